The first-order valence-corrected chi connectivity index (χ1v) is 11.5. The van der Waals surface area contributed by atoms with E-state index in [0.717, 1.165) is 68.7 Å². The van der Waals surface area contributed by atoms with Crippen LogP contribution in [-0.4, -0.2) is 71.8 Å². The summed E-state index contributed by atoms with van der Waals surface area (Å²) in [6.45, 7) is 7.80. The van der Waals surface area contributed by atoms with Crippen molar-refractivity contribution in [3.63, 3.8) is 0 Å². The van der Waals surface area contributed by atoms with E-state index in [0.29, 0.717) is 19.6 Å². The lowest BCUT2D eigenvalue weighted by Gasteiger charge is -2.36. The van der Waals surface area contributed by atoms with E-state index in [4.69, 9.17) is 0 Å². The van der Waals surface area contributed by atoms with Crippen LogP contribution in [0, 0.1) is 19.3 Å². The number of rotatable bonds is 5. The highest BCUT2D eigenvalue weighted by Gasteiger charge is 2.51. The van der Waals surface area contributed by atoms with Gasteiger partial charge in [-0.2, -0.15) is 0 Å². The number of aryl methyl sites for hydroxylation is 1. The Morgan fingerprint density at radius 1 is 1.00 bits per heavy atom. The van der Waals surface area contributed by atoms with Crippen molar-refractivity contribution in [1.82, 2.24) is 14.7 Å². The number of piperazine rings is 1. The Bertz CT molecular complexity index is 854. The highest BCUT2D eigenvalue weighted by atomic mass is 16.2. The number of likely N-dealkylation sites (tertiary alicyclic amines) is 1. The number of carbonyl (C=O) groups is 3. The monoisotopic (exact) mass is 426 g/mol. The Morgan fingerprint density at radius 2 is 1.68 bits per heavy atom. The van der Waals surface area contributed by atoms with Gasteiger partial charge in [0.1, 0.15) is 0 Å². The van der Waals surface area contributed by atoms with Crippen LogP contribution in [0.25, 0.3) is 0 Å². The lowest BCUT2D eigenvalue weighted by atomic mass is 9.73. The molecule has 168 valence electrons. The van der Waals surface area contributed by atoms with Gasteiger partial charge in [0.2, 0.25) is 17.7 Å². The third-order valence-corrected chi connectivity index (χ3v) is 7.35. The first kappa shape index (κ1) is 22.0. The highest BCUT2D eigenvalue weighted by molar-refractivity contribution is 6.05. The number of carbonyl (C=O) groups excluding carboxylic acids is 3. The Morgan fingerprint density at radius 3 is 2.39 bits per heavy atom. The normalized spacial score (nSPS) is 22.3. The zero-order valence-electron chi connectivity index (χ0n) is 18.8. The molecule has 0 atom stereocenters. The van der Waals surface area contributed by atoms with Crippen molar-refractivity contribution in [3.05, 3.63) is 29.3 Å². The predicted molar refractivity (Wildman–Crippen MR) is 119 cm³/mol. The summed E-state index contributed by atoms with van der Waals surface area (Å²) in [4.78, 5) is 43.9. The van der Waals surface area contributed by atoms with Crippen LogP contribution in [0.1, 0.15) is 49.7 Å². The van der Waals surface area contributed by atoms with Gasteiger partial charge < -0.3 is 5.32 Å². The summed E-state index contributed by atoms with van der Waals surface area (Å²) in [7, 11) is 0. The summed E-state index contributed by atoms with van der Waals surface area (Å²) in [5, 5.41) is 3.02. The van der Waals surface area contributed by atoms with Gasteiger partial charge in [-0.15, -0.1) is 0 Å². The van der Waals surface area contributed by atoms with Gasteiger partial charge in [-0.3, -0.25) is 29.1 Å². The van der Waals surface area contributed by atoms with E-state index in [1.165, 1.54) is 11.3 Å². The number of benzene rings is 1. The van der Waals surface area contributed by atoms with Gasteiger partial charge in [0.15, 0.2) is 0 Å². The molecule has 0 unspecified atom stereocenters. The zero-order valence-corrected chi connectivity index (χ0v) is 18.8. The molecule has 0 radical (unpaired) electrons. The summed E-state index contributed by atoms with van der Waals surface area (Å²) in [6, 6.07) is 5.92. The maximum atomic E-state index is 13.0. The number of nitrogens with zero attached hydrogens (tertiary/aromatic N) is 3. The molecule has 0 bridgehead atoms. The third kappa shape index (κ3) is 4.67. The van der Waals surface area contributed by atoms with Gasteiger partial charge >= 0.3 is 0 Å². The van der Waals surface area contributed by atoms with Crippen LogP contribution in [-0.2, 0) is 14.4 Å². The molecule has 2 saturated heterocycles. The number of hydrogen-bond donors (Lipinski definition) is 1. The highest BCUT2D eigenvalue weighted by Crippen LogP contribution is 2.45. The van der Waals surface area contributed by atoms with Crippen LogP contribution in [0.4, 0.5) is 5.69 Å². The van der Waals surface area contributed by atoms with Crippen molar-refractivity contribution in [1.29, 1.82) is 0 Å². The standard InChI is InChI=1S/C24H34N4O3/c1-18-7-6-8-20(19(18)2)25-21(29)16-26-11-13-27(14-12-26)17-28-22(30)15-24(23(28)31)9-4-3-5-10-24/h6-8H,3-5,9-17H2,1-2H3,(H,25,29). The Kier molecular flexibility index (Phi) is 6.44. The number of amides is 3. The first-order valence-electron chi connectivity index (χ1n) is 11.5. The summed E-state index contributed by atoms with van der Waals surface area (Å²) in [5.41, 5.74) is 2.71. The van der Waals surface area contributed by atoms with Crippen LogP contribution < -0.4 is 5.32 Å². The van der Waals surface area contributed by atoms with Crippen LogP contribution in [0.5, 0.6) is 0 Å². The quantitative estimate of drug-likeness (QED) is 0.733. The minimum atomic E-state index is -0.414. The molecular weight excluding hydrogens is 392 g/mol. The largest absolute Gasteiger partial charge is 0.325 e. The molecule has 1 N–H and O–H groups in total. The molecule has 1 saturated carbocycles. The van der Waals surface area contributed by atoms with Crippen LogP contribution in [0.3, 0.4) is 0 Å². The molecule has 3 fully saturated rings. The van der Waals surface area contributed by atoms with Crippen LogP contribution >= 0.6 is 0 Å². The lowest BCUT2D eigenvalue weighted by Crippen LogP contribution is -2.52. The van der Waals surface area contributed by atoms with E-state index in [2.05, 4.69) is 15.1 Å². The first-order chi connectivity index (χ1) is 14.9. The number of hydrogen-bond acceptors (Lipinski definition) is 5. The Hall–Kier alpha value is -2.25. The fourth-order valence-corrected chi connectivity index (χ4v) is 5.19. The average molecular weight is 427 g/mol. The zero-order chi connectivity index (χ0) is 22.0. The molecule has 2 heterocycles. The molecule has 3 aliphatic rings. The van der Waals surface area contributed by atoms with Crippen molar-refractivity contribution in [3.8, 4) is 0 Å². The number of imide groups is 1. The molecule has 1 spiro atoms. The Labute approximate surface area is 184 Å². The van der Waals surface area contributed by atoms with Crippen LogP contribution in [0.15, 0.2) is 18.2 Å². The fourth-order valence-electron chi connectivity index (χ4n) is 5.19. The van der Waals surface area contributed by atoms with Crippen LogP contribution in [0.2, 0.25) is 0 Å². The summed E-state index contributed by atoms with van der Waals surface area (Å²) >= 11 is 0. The van der Waals surface area contributed by atoms with Crippen molar-refractivity contribution in [2.45, 2.75) is 52.4 Å². The molecule has 1 aliphatic carbocycles. The van der Waals surface area contributed by atoms with E-state index in [1.54, 1.807) is 0 Å². The van der Waals surface area contributed by atoms with Crippen molar-refractivity contribution in [2.24, 2.45) is 5.41 Å². The van der Waals surface area contributed by atoms with E-state index in [9.17, 15) is 14.4 Å². The molecule has 7 heteroatoms. The molecule has 4 rings (SSSR count). The molecule has 7 nitrogen and oxygen atoms in total. The maximum absolute atomic E-state index is 13.0. The van der Waals surface area contributed by atoms with E-state index < -0.39 is 5.41 Å². The molecule has 3 amide bonds. The smallest absolute Gasteiger partial charge is 0.238 e. The topological polar surface area (TPSA) is 73.0 Å². The lowest BCUT2D eigenvalue weighted by molar-refractivity contribution is -0.145. The summed E-state index contributed by atoms with van der Waals surface area (Å²) in [5.74, 6) is 0.0288. The SMILES string of the molecule is Cc1cccc(NC(=O)CN2CCN(CN3C(=O)CC4(CCCCC4)C3=O)CC2)c1C. The van der Waals surface area contributed by atoms with Crippen molar-refractivity contribution < 1.29 is 14.4 Å². The van der Waals surface area contributed by atoms with Gasteiger partial charge in [-0.25, -0.2) is 0 Å². The van der Waals surface area contributed by atoms with Gasteiger partial charge in [-0.05, 0) is 43.9 Å². The summed E-state index contributed by atoms with van der Waals surface area (Å²) in [6.07, 6.45) is 5.38. The van der Waals surface area contributed by atoms with Gasteiger partial charge in [0, 0.05) is 38.3 Å². The van der Waals surface area contributed by atoms with Gasteiger partial charge in [0.05, 0.1) is 18.6 Å². The van der Waals surface area contributed by atoms with Gasteiger partial charge in [0.25, 0.3) is 0 Å². The van der Waals surface area contributed by atoms with E-state index in [-0.39, 0.29) is 17.7 Å². The van der Waals surface area contributed by atoms with E-state index >= 15 is 0 Å². The molecular formula is C24H34N4O3. The molecule has 2 aliphatic heterocycles. The molecule has 1 aromatic rings. The molecule has 1 aromatic carbocycles. The van der Waals surface area contributed by atoms with Gasteiger partial charge in [-0.1, -0.05) is 31.4 Å². The minimum Gasteiger partial charge on any atom is -0.325 e. The van der Waals surface area contributed by atoms with E-state index in [1.807, 2.05) is 32.0 Å². The molecule has 31 heavy (non-hydrogen) atoms. The number of anilines is 1. The number of nitrogens with one attached hydrogen (secondary N) is 1. The Balaban J connectivity index is 1.25. The fraction of sp³-hybridized carbons (Fsp3) is 0.625. The predicted octanol–water partition coefficient (Wildman–Crippen LogP) is 2.53. The third-order valence-electron chi connectivity index (χ3n) is 7.35. The minimum absolute atomic E-state index is 0.00807. The average Bonchev–Trinajstić information content (AvgIpc) is 2.97. The second-order valence-electron chi connectivity index (χ2n) is 9.48. The second-order valence-corrected chi connectivity index (χ2v) is 9.48. The summed E-state index contributed by atoms with van der Waals surface area (Å²) < 4.78 is 0. The van der Waals surface area contributed by atoms with Crippen molar-refractivity contribution >= 4 is 23.4 Å². The maximum Gasteiger partial charge on any atom is 0.238 e. The molecule has 0 aromatic heterocycles. The van der Waals surface area contributed by atoms with Crippen molar-refractivity contribution in [2.75, 3.05) is 44.7 Å². The second kappa shape index (κ2) is 9.09.